The summed E-state index contributed by atoms with van der Waals surface area (Å²) < 4.78 is 0. The minimum absolute atomic E-state index is 0.0486. The molecule has 4 rings (SSSR count). The molecule has 0 bridgehead atoms. The standard InChI is InChI=1S/C22H21N3O3/c1-14-12-17(8-9-20(14)26)19-13-18(23-22(28)24-19)15-4-6-16(7-5-15)21(27)25-10-2-3-11-25/h4-9,12-13,26H,2-3,10-11H2,1H3,(H,23,24,28). The number of phenolic OH excluding ortho intramolecular Hbond substituents is 1. The van der Waals surface area contributed by atoms with Gasteiger partial charge in [-0.3, -0.25) is 4.79 Å². The first-order chi connectivity index (χ1) is 13.5. The van der Waals surface area contributed by atoms with Crippen LogP contribution in [0.15, 0.2) is 53.3 Å². The highest BCUT2D eigenvalue weighted by Gasteiger charge is 2.19. The summed E-state index contributed by atoms with van der Waals surface area (Å²) in [7, 11) is 0. The largest absolute Gasteiger partial charge is 0.508 e. The number of aromatic nitrogens is 2. The molecule has 2 N–H and O–H groups in total. The zero-order chi connectivity index (χ0) is 19.7. The van der Waals surface area contributed by atoms with E-state index in [4.69, 9.17) is 0 Å². The second-order valence-corrected chi connectivity index (χ2v) is 7.06. The van der Waals surface area contributed by atoms with Gasteiger partial charge in [-0.15, -0.1) is 0 Å². The van der Waals surface area contributed by atoms with E-state index in [-0.39, 0.29) is 11.7 Å². The maximum absolute atomic E-state index is 12.5. The van der Waals surface area contributed by atoms with Gasteiger partial charge in [0.1, 0.15) is 5.75 Å². The van der Waals surface area contributed by atoms with Crippen molar-refractivity contribution >= 4 is 5.91 Å². The Hall–Kier alpha value is -3.41. The van der Waals surface area contributed by atoms with Crippen molar-refractivity contribution in [3.8, 4) is 28.3 Å². The lowest BCUT2D eigenvalue weighted by Crippen LogP contribution is -2.27. The SMILES string of the molecule is Cc1cc(-c2cc(-c3ccc(C(=O)N4CCCC4)cc3)[nH]c(=O)n2)ccc1O. The Morgan fingerprint density at radius 2 is 1.71 bits per heavy atom. The molecule has 0 atom stereocenters. The molecule has 2 aromatic carbocycles. The molecule has 6 heteroatoms. The molecule has 0 radical (unpaired) electrons. The highest BCUT2D eigenvalue weighted by atomic mass is 16.3. The molecule has 6 nitrogen and oxygen atoms in total. The molecular weight excluding hydrogens is 354 g/mol. The van der Waals surface area contributed by atoms with Crippen molar-refractivity contribution in [3.63, 3.8) is 0 Å². The number of nitrogens with zero attached hydrogens (tertiary/aromatic N) is 2. The molecule has 142 valence electrons. The predicted octanol–water partition coefficient (Wildman–Crippen LogP) is 3.35. The Balaban J connectivity index is 1.65. The van der Waals surface area contributed by atoms with E-state index < -0.39 is 5.69 Å². The first kappa shape index (κ1) is 18.0. The number of rotatable bonds is 3. The molecule has 1 aliphatic rings. The van der Waals surface area contributed by atoms with Crippen molar-refractivity contribution in [2.75, 3.05) is 13.1 Å². The van der Waals surface area contributed by atoms with Gasteiger partial charge in [0.05, 0.1) is 11.4 Å². The summed E-state index contributed by atoms with van der Waals surface area (Å²) in [5.41, 5.74) is 3.62. The van der Waals surface area contributed by atoms with Gasteiger partial charge in [0.15, 0.2) is 0 Å². The summed E-state index contributed by atoms with van der Waals surface area (Å²) >= 11 is 0. The Labute approximate surface area is 162 Å². The third-order valence-corrected chi connectivity index (χ3v) is 5.07. The maximum atomic E-state index is 12.5. The minimum Gasteiger partial charge on any atom is -0.508 e. The van der Waals surface area contributed by atoms with Crippen molar-refractivity contribution in [3.05, 3.63) is 70.1 Å². The topological polar surface area (TPSA) is 86.3 Å². The number of hydrogen-bond acceptors (Lipinski definition) is 4. The van der Waals surface area contributed by atoms with Gasteiger partial charge in [0.2, 0.25) is 0 Å². The fraction of sp³-hybridized carbons (Fsp3) is 0.227. The fourth-order valence-electron chi connectivity index (χ4n) is 3.47. The lowest BCUT2D eigenvalue weighted by Gasteiger charge is -2.15. The van der Waals surface area contributed by atoms with Gasteiger partial charge < -0.3 is 15.0 Å². The van der Waals surface area contributed by atoms with E-state index in [2.05, 4.69) is 9.97 Å². The number of amides is 1. The van der Waals surface area contributed by atoms with Crippen LogP contribution in [0.25, 0.3) is 22.5 Å². The summed E-state index contributed by atoms with van der Waals surface area (Å²) in [6.07, 6.45) is 2.11. The maximum Gasteiger partial charge on any atom is 0.345 e. The highest BCUT2D eigenvalue weighted by molar-refractivity contribution is 5.94. The Bertz CT molecular complexity index is 1080. The molecule has 1 amide bonds. The van der Waals surface area contributed by atoms with E-state index in [0.29, 0.717) is 22.5 Å². The summed E-state index contributed by atoms with van der Waals surface area (Å²) in [5.74, 6) is 0.250. The van der Waals surface area contributed by atoms with Gasteiger partial charge >= 0.3 is 5.69 Å². The first-order valence-electron chi connectivity index (χ1n) is 9.32. The van der Waals surface area contributed by atoms with E-state index in [0.717, 1.165) is 37.1 Å². The zero-order valence-corrected chi connectivity index (χ0v) is 15.6. The predicted molar refractivity (Wildman–Crippen MR) is 107 cm³/mol. The van der Waals surface area contributed by atoms with Crippen LogP contribution in [0.1, 0.15) is 28.8 Å². The number of phenols is 1. The number of likely N-dealkylation sites (tertiary alicyclic amines) is 1. The van der Waals surface area contributed by atoms with Crippen LogP contribution < -0.4 is 5.69 Å². The molecule has 0 saturated carbocycles. The number of carbonyl (C=O) groups excluding carboxylic acids is 1. The van der Waals surface area contributed by atoms with E-state index in [1.165, 1.54) is 0 Å². The van der Waals surface area contributed by atoms with Crippen LogP contribution >= 0.6 is 0 Å². The van der Waals surface area contributed by atoms with E-state index in [1.54, 1.807) is 43.3 Å². The Kier molecular flexibility index (Phi) is 4.69. The number of carbonyl (C=O) groups is 1. The summed E-state index contributed by atoms with van der Waals surface area (Å²) in [6, 6.07) is 14.2. The molecule has 3 aromatic rings. The van der Waals surface area contributed by atoms with Crippen LogP contribution in [0.2, 0.25) is 0 Å². The van der Waals surface area contributed by atoms with Crippen LogP contribution in [0, 0.1) is 6.92 Å². The van der Waals surface area contributed by atoms with Crippen molar-refractivity contribution in [2.45, 2.75) is 19.8 Å². The van der Waals surface area contributed by atoms with Crippen molar-refractivity contribution in [1.29, 1.82) is 0 Å². The number of aromatic hydroxyl groups is 1. The lowest BCUT2D eigenvalue weighted by atomic mass is 10.0. The van der Waals surface area contributed by atoms with E-state index >= 15 is 0 Å². The Morgan fingerprint density at radius 3 is 2.39 bits per heavy atom. The second-order valence-electron chi connectivity index (χ2n) is 7.06. The molecule has 2 heterocycles. The zero-order valence-electron chi connectivity index (χ0n) is 15.6. The smallest absolute Gasteiger partial charge is 0.345 e. The molecule has 0 unspecified atom stereocenters. The second kappa shape index (κ2) is 7.31. The molecule has 0 aliphatic carbocycles. The number of aryl methyl sites for hydroxylation is 1. The van der Waals surface area contributed by atoms with Crippen LogP contribution in [0.5, 0.6) is 5.75 Å². The summed E-state index contributed by atoms with van der Waals surface area (Å²) in [4.78, 5) is 33.2. The van der Waals surface area contributed by atoms with E-state index in [9.17, 15) is 14.7 Å². The molecule has 1 fully saturated rings. The van der Waals surface area contributed by atoms with Crippen LogP contribution in [-0.4, -0.2) is 39.0 Å². The normalized spacial score (nSPS) is 13.7. The van der Waals surface area contributed by atoms with Crippen LogP contribution in [0.3, 0.4) is 0 Å². The minimum atomic E-state index is -0.449. The van der Waals surface area contributed by atoms with Gasteiger partial charge in [-0.1, -0.05) is 12.1 Å². The van der Waals surface area contributed by atoms with E-state index in [1.807, 2.05) is 17.0 Å². The molecule has 1 aromatic heterocycles. The molecule has 1 aliphatic heterocycles. The van der Waals surface area contributed by atoms with Crippen molar-refractivity contribution in [1.82, 2.24) is 14.9 Å². The van der Waals surface area contributed by atoms with Crippen molar-refractivity contribution < 1.29 is 9.90 Å². The molecule has 28 heavy (non-hydrogen) atoms. The van der Waals surface area contributed by atoms with Crippen LogP contribution in [0.4, 0.5) is 0 Å². The summed E-state index contributed by atoms with van der Waals surface area (Å²) in [6.45, 7) is 3.42. The van der Waals surface area contributed by atoms with Crippen molar-refractivity contribution in [2.24, 2.45) is 0 Å². The third-order valence-electron chi connectivity index (χ3n) is 5.07. The molecule has 1 saturated heterocycles. The monoisotopic (exact) mass is 375 g/mol. The van der Waals surface area contributed by atoms with Gasteiger partial charge in [0, 0.05) is 24.2 Å². The number of H-pyrrole nitrogens is 1. The number of hydrogen-bond donors (Lipinski definition) is 2. The number of benzene rings is 2. The molecule has 0 spiro atoms. The Morgan fingerprint density at radius 1 is 1.04 bits per heavy atom. The first-order valence-corrected chi connectivity index (χ1v) is 9.32. The van der Waals surface area contributed by atoms with Gasteiger partial charge in [-0.25, -0.2) is 4.79 Å². The average Bonchev–Trinajstić information content (AvgIpc) is 3.24. The van der Waals surface area contributed by atoms with Gasteiger partial charge in [-0.05, 0) is 67.3 Å². The van der Waals surface area contributed by atoms with Crippen LogP contribution in [-0.2, 0) is 0 Å². The van der Waals surface area contributed by atoms with Gasteiger partial charge in [0.25, 0.3) is 5.91 Å². The fourth-order valence-corrected chi connectivity index (χ4v) is 3.47. The quantitative estimate of drug-likeness (QED) is 0.735. The summed E-state index contributed by atoms with van der Waals surface area (Å²) in [5, 5.41) is 9.71. The average molecular weight is 375 g/mol. The lowest BCUT2D eigenvalue weighted by molar-refractivity contribution is 0.0793. The molecular formula is C22H21N3O3. The number of aromatic amines is 1. The third kappa shape index (κ3) is 3.53. The number of nitrogens with one attached hydrogen (secondary N) is 1. The van der Waals surface area contributed by atoms with Gasteiger partial charge in [-0.2, -0.15) is 4.98 Å². The highest BCUT2D eigenvalue weighted by Crippen LogP contribution is 2.26.